The van der Waals surface area contributed by atoms with Crippen LogP contribution in [0.25, 0.3) is 0 Å². The molecule has 2 rings (SSSR count). The summed E-state index contributed by atoms with van der Waals surface area (Å²) in [5, 5.41) is 10.5. The van der Waals surface area contributed by atoms with Crippen molar-refractivity contribution in [1.82, 2.24) is 0 Å². The second-order valence-corrected chi connectivity index (χ2v) is 4.88. The highest BCUT2D eigenvalue weighted by atomic mass is 19.1. The lowest BCUT2D eigenvalue weighted by molar-refractivity contribution is -0.387. The van der Waals surface area contributed by atoms with E-state index in [0.717, 1.165) is 6.42 Å². The van der Waals surface area contributed by atoms with E-state index in [-0.39, 0.29) is 17.9 Å². The fraction of sp³-hybridized carbons (Fsp3) is 0.538. The Kier molecular flexibility index (Phi) is 4.69. The largest absolute Gasteiger partial charge is 0.484 e. The highest BCUT2D eigenvalue weighted by Gasteiger charge is 2.42. The number of nitrogens with zero attached hydrogens (tertiary/aromatic N) is 1. The highest BCUT2D eigenvalue weighted by Crippen LogP contribution is 2.32. The normalized spacial score (nSPS) is 24.5. The molecule has 1 aromatic carbocycles. The summed E-state index contributed by atoms with van der Waals surface area (Å²) < 4.78 is 38.0. The molecule has 1 aromatic rings. The third-order valence-corrected chi connectivity index (χ3v) is 3.28. The van der Waals surface area contributed by atoms with Crippen molar-refractivity contribution in [2.45, 2.75) is 38.0 Å². The van der Waals surface area contributed by atoms with Crippen LogP contribution >= 0.6 is 0 Å². The molecule has 3 atom stereocenters. The topological polar surface area (TPSA) is 87.6 Å². The quantitative estimate of drug-likeness (QED) is 0.642. The van der Waals surface area contributed by atoms with Gasteiger partial charge in [0.2, 0.25) is 5.82 Å². The van der Waals surface area contributed by atoms with Crippen LogP contribution in [0.1, 0.15) is 19.8 Å². The molecule has 0 saturated heterocycles. The zero-order valence-corrected chi connectivity index (χ0v) is 11.4. The Morgan fingerprint density at radius 1 is 1.43 bits per heavy atom. The van der Waals surface area contributed by atoms with Crippen molar-refractivity contribution in [3.05, 3.63) is 33.9 Å². The van der Waals surface area contributed by atoms with Crippen molar-refractivity contribution in [3.63, 3.8) is 0 Å². The molecule has 0 heterocycles. The van der Waals surface area contributed by atoms with Crippen LogP contribution < -0.4 is 10.5 Å². The number of rotatable bonds is 6. The first-order chi connectivity index (χ1) is 9.93. The van der Waals surface area contributed by atoms with Gasteiger partial charge in [-0.1, -0.05) is 6.92 Å². The monoisotopic (exact) mass is 302 g/mol. The zero-order valence-electron chi connectivity index (χ0n) is 11.4. The summed E-state index contributed by atoms with van der Waals surface area (Å²) in [5.41, 5.74) is 4.85. The lowest BCUT2D eigenvalue weighted by atomic mass is 9.86. The molecule has 0 spiro atoms. The Morgan fingerprint density at radius 2 is 2.14 bits per heavy atom. The number of ether oxygens (including phenoxy) is 2. The summed E-state index contributed by atoms with van der Waals surface area (Å²) in [6, 6.07) is 0.965. The van der Waals surface area contributed by atoms with Crippen LogP contribution in [-0.2, 0) is 4.74 Å². The number of nitro groups is 1. The van der Waals surface area contributed by atoms with Crippen molar-refractivity contribution in [1.29, 1.82) is 0 Å². The fourth-order valence-electron chi connectivity index (χ4n) is 2.13. The third kappa shape index (κ3) is 3.27. The van der Waals surface area contributed by atoms with Crippen LogP contribution in [0.2, 0.25) is 0 Å². The van der Waals surface area contributed by atoms with Crippen LogP contribution in [0.4, 0.5) is 14.5 Å². The van der Waals surface area contributed by atoms with E-state index in [2.05, 4.69) is 0 Å². The lowest BCUT2D eigenvalue weighted by Crippen LogP contribution is -2.59. The van der Waals surface area contributed by atoms with Gasteiger partial charge < -0.3 is 15.2 Å². The smallest absolute Gasteiger partial charge is 0.307 e. The van der Waals surface area contributed by atoms with Gasteiger partial charge in [0, 0.05) is 25.1 Å². The Balaban J connectivity index is 2.09. The number of nitrogens with two attached hydrogens (primary N) is 1. The van der Waals surface area contributed by atoms with Gasteiger partial charge in [-0.05, 0) is 6.42 Å². The first-order valence-corrected chi connectivity index (χ1v) is 6.61. The molecular formula is C13H16F2N2O4. The van der Waals surface area contributed by atoms with Gasteiger partial charge in [-0.2, -0.15) is 4.39 Å². The van der Waals surface area contributed by atoms with Crippen molar-refractivity contribution in [2.24, 2.45) is 5.73 Å². The molecule has 1 aliphatic carbocycles. The highest BCUT2D eigenvalue weighted by molar-refractivity contribution is 5.39. The molecule has 0 aliphatic heterocycles. The van der Waals surface area contributed by atoms with E-state index in [1.54, 1.807) is 0 Å². The predicted molar refractivity (Wildman–Crippen MR) is 70.1 cm³/mol. The standard InChI is InChI=1S/C13H16F2N2O4/c1-2-3-20-13-9(16)6-12(13)21-11-5-7(14)10(17(18)19)4-8(11)15/h4-5,9,12-13H,2-3,6,16H2,1H3. The van der Waals surface area contributed by atoms with E-state index >= 15 is 0 Å². The first kappa shape index (κ1) is 15.6. The molecule has 21 heavy (non-hydrogen) atoms. The maximum absolute atomic E-state index is 13.7. The maximum Gasteiger partial charge on any atom is 0.307 e. The van der Waals surface area contributed by atoms with E-state index in [9.17, 15) is 18.9 Å². The number of hydrogen-bond donors (Lipinski definition) is 1. The van der Waals surface area contributed by atoms with E-state index in [4.69, 9.17) is 15.2 Å². The first-order valence-electron chi connectivity index (χ1n) is 6.61. The Labute approximate surface area is 120 Å². The van der Waals surface area contributed by atoms with Gasteiger partial charge in [0.25, 0.3) is 0 Å². The Hall–Kier alpha value is -1.80. The maximum atomic E-state index is 13.7. The van der Waals surface area contributed by atoms with Crippen LogP contribution in [0.3, 0.4) is 0 Å². The van der Waals surface area contributed by atoms with Crippen LogP contribution in [-0.4, -0.2) is 29.8 Å². The lowest BCUT2D eigenvalue weighted by Gasteiger charge is -2.41. The van der Waals surface area contributed by atoms with Gasteiger partial charge in [0.1, 0.15) is 12.2 Å². The SMILES string of the molecule is CCCOC1C(N)CC1Oc1cc(F)c([N+](=O)[O-])cc1F. The fourth-order valence-corrected chi connectivity index (χ4v) is 2.13. The zero-order chi connectivity index (χ0) is 15.6. The van der Waals surface area contributed by atoms with E-state index in [1.165, 1.54) is 0 Å². The second kappa shape index (κ2) is 6.31. The molecule has 3 unspecified atom stereocenters. The molecule has 1 fully saturated rings. The number of halogens is 2. The van der Waals surface area contributed by atoms with Gasteiger partial charge in [-0.25, -0.2) is 4.39 Å². The van der Waals surface area contributed by atoms with Gasteiger partial charge in [-0.15, -0.1) is 0 Å². The molecule has 0 bridgehead atoms. The van der Waals surface area contributed by atoms with E-state index in [0.29, 0.717) is 25.2 Å². The number of benzene rings is 1. The van der Waals surface area contributed by atoms with Crippen molar-refractivity contribution < 1.29 is 23.2 Å². The minimum Gasteiger partial charge on any atom is -0.484 e. The van der Waals surface area contributed by atoms with Crippen LogP contribution in [0.5, 0.6) is 5.75 Å². The summed E-state index contributed by atoms with van der Waals surface area (Å²) in [6.45, 7) is 2.43. The van der Waals surface area contributed by atoms with Crippen molar-refractivity contribution >= 4 is 5.69 Å². The average Bonchev–Trinajstić information content (AvgIpc) is 2.41. The Bertz CT molecular complexity index is 541. The second-order valence-electron chi connectivity index (χ2n) is 4.88. The van der Waals surface area contributed by atoms with Gasteiger partial charge >= 0.3 is 5.69 Å². The molecular weight excluding hydrogens is 286 g/mol. The molecule has 1 saturated carbocycles. The number of nitro benzene ring substituents is 1. The predicted octanol–water partition coefficient (Wildman–Crippen LogP) is 2.15. The average molecular weight is 302 g/mol. The Morgan fingerprint density at radius 3 is 2.71 bits per heavy atom. The van der Waals surface area contributed by atoms with Gasteiger partial charge in [0.05, 0.1) is 11.0 Å². The molecule has 116 valence electrons. The molecule has 2 N–H and O–H groups in total. The van der Waals surface area contributed by atoms with Crippen LogP contribution in [0, 0.1) is 21.7 Å². The summed E-state index contributed by atoms with van der Waals surface area (Å²) in [7, 11) is 0. The molecule has 0 radical (unpaired) electrons. The summed E-state index contributed by atoms with van der Waals surface area (Å²) >= 11 is 0. The van der Waals surface area contributed by atoms with Gasteiger partial charge in [0.15, 0.2) is 11.6 Å². The summed E-state index contributed by atoms with van der Waals surface area (Å²) in [6.07, 6.45) is 0.382. The third-order valence-electron chi connectivity index (χ3n) is 3.28. The molecule has 6 nitrogen and oxygen atoms in total. The molecule has 0 amide bonds. The van der Waals surface area contributed by atoms with Crippen molar-refractivity contribution in [2.75, 3.05) is 6.61 Å². The molecule has 8 heteroatoms. The van der Waals surface area contributed by atoms with Crippen LogP contribution in [0.15, 0.2) is 12.1 Å². The van der Waals surface area contributed by atoms with Gasteiger partial charge in [-0.3, -0.25) is 10.1 Å². The summed E-state index contributed by atoms with van der Waals surface area (Å²) in [5.74, 6) is -2.51. The molecule has 0 aromatic heterocycles. The summed E-state index contributed by atoms with van der Waals surface area (Å²) in [4.78, 5) is 9.52. The minimum absolute atomic E-state index is 0.215. The van der Waals surface area contributed by atoms with Crippen molar-refractivity contribution in [3.8, 4) is 5.75 Å². The molecule has 1 aliphatic rings. The van der Waals surface area contributed by atoms with E-state index < -0.39 is 28.3 Å². The number of hydrogen-bond acceptors (Lipinski definition) is 5. The minimum atomic E-state index is -1.15. The van der Waals surface area contributed by atoms with E-state index in [1.807, 2.05) is 6.92 Å².